The van der Waals surface area contributed by atoms with Crippen molar-refractivity contribution in [3.8, 4) is 0 Å². The number of carbonyl (C=O) groups is 2. The highest BCUT2D eigenvalue weighted by molar-refractivity contribution is 6.47. The number of hydrogen-bond donors (Lipinski definition) is 0. The summed E-state index contributed by atoms with van der Waals surface area (Å²) in [7, 11) is 1.06. The molecule has 16 heavy (non-hydrogen) atoms. The van der Waals surface area contributed by atoms with Gasteiger partial charge in [0.1, 0.15) is 11.2 Å². The Morgan fingerprint density at radius 1 is 1.44 bits per heavy atom. The highest BCUT2D eigenvalue weighted by atomic mass is 35.5. The van der Waals surface area contributed by atoms with Crippen molar-refractivity contribution in [2.75, 3.05) is 7.11 Å². The van der Waals surface area contributed by atoms with E-state index >= 15 is 0 Å². The fourth-order valence-electron chi connectivity index (χ4n) is 1.03. The molecule has 1 rings (SSSR count). The number of Topliss-reactive ketones (excluding diaryl/α,β-unsaturated/α-hetero) is 1. The Balaban J connectivity index is 2.96. The third-order valence-electron chi connectivity index (χ3n) is 1.85. The van der Waals surface area contributed by atoms with Crippen molar-refractivity contribution in [3.05, 3.63) is 34.6 Å². The number of rotatable bonds is 3. The van der Waals surface area contributed by atoms with E-state index in [1.807, 2.05) is 0 Å². The summed E-state index contributed by atoms with van der Waals surface area (Å²) in [5.41, 5.74) is 0.152. The summed E-state index contributed by atoms with van der Waals surface area (Å²) < 4.78 is 17.3. The van der Waals surface area contributed by atoms with Gasteiger partial charge in [0, 0.05) is 0 Å². The van der Waals surface area contributed by atoms with Crippen molar-refractivity contribution in [2.24, 2.45) is 0 Å². The molecule has 6 heteroatoms. The van der Waals surface area contributed by atoms with Gasteiger partial charge in [0.25, 0.3) is 5.78 Å². The molecule has 86 valence electrons. The molecule has 0 saturated carbocycles. The van der Waals surface area contributed by atoms with Crippen molar-refractivity contribution >= 4 is 35.0 Å². The minimum atomic E-state index is -1.28. The first-order valence-corrected chi connectivity index (χ1v) is 5.00. The van der Waals surface area contributed by atoms with Gasteiger partial charge in [-0.25, -0.2) is 9.18 Å². The number of benzene rings is 1. The quantitative estimate of drug-likeness (QED) is 0.479. The SMILES string of the molecule is COC(=O)C(=O)C(Cl)c1ccc(Cl)c(F)c1. The van der Waals surface area contributed by atoms with Crippen molar-refractivity contribution in [1.29, 1.82) is 0 Å². The van der Waals surface area contributed by atoms with Gasteiger partial charge in [0.15, 0.2) is 0 Å². The summed E-state index contributed by atoms with van der Waals surface area (Å²) in [4.78, 5) is 22.2. The number of carbonyl (C=O) groups excluding carboxylic acids is 2. The number of esters is 1. The molecule has 1 atom stereocenters. The molecule has 1 aromatic carbocycles. The highest BCUT2D eigenvalue weighted by Crippen LogP contribution is 2.25. The second-order valence-electron chi connectivity index (χ2n) is 2.89. The second-order valence-corrected chi connectivity index (χ2v) is 3.74. The minimum absolute atomic E-state index is 0.0851. The molecule has 0 aliphatic heterocycles. The standard InChI is InChI=1S/C10H7Cl2FO3/c1-16-10(15)9(14)8(12)5-2-3-6(11)7(13)4-5/h2-4,8H,1H3. The summed E-state index contributed by atoms with van der Waals surface area (Å²) in [5.74, 6) is -2.73. The van der Waals surface area contributed by atoms with Gasteiger partial charge in [-0.1, -0.05) is 17.7 Å². The lowest BCUT2D eigenvalue weighted by atomic mass is 10.1. The zero-order valence-electron chi connectivity index (χ0n) is 8.17. The number of ketones is 1. The van der Waals surface area contributed by atoms with Crippen LogP contribution in [0.3, 0.4) is 0 Å². The molecule has 0 N–H and O–H groups in total. The van der Waals surface area contributed by atoms with Crippen LogP contribution in [0.1, 0.15) is 10.9 Å². The number of halogens is 3. The maximum Gasteiger partial charge on any atom is 0.376 e. The van der Waals surface area contributed by atoms with Crippen molar-refractivity contribution in [3.63, 3.8) is 0 Å². The summed E-state index contributed by atoms with van der Waals surface area (Å²) in [6.45, 7) is 0. The van der Waals surface area contributed by atoms with E-state index in [4.69, 9.17) is 23.2 Å². The average molecular weight is 265 g/mol. The predicted molar refractivity (Wildman–Crippen MR) is 57.0 cm³/mol. The predicted octanol–water partition coefficient (Wildman–Crippen LogP) is 2.50. The van der Waals surface area contributed by atoms with E-state index in [1.54, 1.807) is 0 Å². The lowest BCUT2D eigenvalue weighted by Gasteiger charge is -2.07. The Bertz CT molecular complexity index is 434. The molecular weight excluding hydrogens is 258 g/mol. The molecule has 1 aromatic rings. The van der Waals surface area contributed by atoms with Crippen LogP contribution in [0.15, 0.2) is 18.2 Å². The van der Waals surface area contributed by atoms with Gasteiger partial charge in [-0.3, -0.25) is 4.79 Å². The van der Waals surface area contributed by atoms with Crippen LogP contribution >= 0.6 is 23.2 Å². The van der Waals surface area contributed by atoms with Crippen LogP contribution in [-0.4, -0.2) is 18.9 Å². The van der Waals surface area contributed by atoms with Gasteiger partial charge in [-0.2, -0.15) is 0 Å². The maximum atomic E-state index is 13.1. The number of ether oxygens (including phenoxy) is 1. The monoisotopic (exact) mass is 264 g/mol. The Morgan fingerprint density at radius 3 is 2.56 bits per heavy atom. The molecule has 0 aliphatic carbocycles. The minimum Gasteiger partial charge on any atom is -0.463 e. The van der Waals surface area contributed by atoms with E-state index in [0.717, 1.165) is 13.2 Å². The zero-order chi connectivity index (χ0) is 12.3. The molecule has 0 heterocycles. The lowest BCUT2D eigenvalue weighted by Crippen LogP contribution is -2.20. The van der Waals surface area contributed by atoms with Crippen LogP contribution in [0.5, 0.6) is 0 Å². The molecule has 0 aromatic heterocycles. The molecular formula is C10H7Cl2FO3. The van der Waals surface area contributed by atoms with Gasteiger partial charge in [-0.05, 0) is 17.7 Å². The molecule has 0 radical (unpaired) electrons. The fraction of sp³-hybridized carbons (Fsp3) is 0.200. The Kier molecular flexibility index (Phi) is 4.26. The number of methoxy groups -OCH3 is 1. The van der Waals surface area contributed by atoms with E-state index < -0.39 is 22.9 Å². The summed E-state index contributed by atoms with van der Waals surface area (Å²) in [6, 6.07) is 3.62. The normalized spacial score (nSPS) is 12.0. The van der Waals surface area contributed by atoms with Crippen LogP contribution in [0.2, 0.25) is 5.02 Å². The van der Waals surface area contributed by atoms with Crippen molar-refractivity contribution in [2.45, 2.75) is 5.38 Å². The Hall–Kier alpha value is -1.13. The summed E-state index contributed by atoms with van der Waals surface area (Å²) >= 11 is 11.2. The van der Waals surface area contributed by atoms with E-state index in [-0.39, 0.29) is 10.6 Å². The van der Waals surface area contributed by atoms with Crippen LogP contribution in [0.4, 0.5) is 4.39 Å². The van der Waals surface area contributed by atoms with Crippen molar-refractivity contribution < 1.29 is 18.7 Å². The average Bonchev–Trinajstić information content (AvgIpc) is 2.29. The van der Waals surface area contributed by atoms with Crippen LogP contribution in [0, 0.1) is 5.82 Å². The topological polar surface area (TPSA) is 43.4 Å². The zero-order valence-corrected chi connectivity index (χ0v) is 9.68. The molecule has 0 spiro atoms. The second kappa shape index (κ2) is 5.27. The molecule has 1 unspecified atom stereocenters. The van der Waals surface area contributed by atoms with E-state index in [1.165, 1.54) is 12.1 Å². The molecule has 0 aliphatic rings. The van der Waals surface area contributed by atoms with Gasteiger partial charge < -0.3 is 4.74 Å². The highest BCUT2D eigenvalue weighted by Gasteiger charge is 2.26. The Labute approximate surface area is 101 Å². The molecule has 0 amide bonds. The number of hydrogen-bond acceptors (Lipinski definition) is 3. The molecule has 3 nitrogen and oxygen atoms in total. The number of alkyl halides is 1. The first-order chi connectivity index (χ1) is 7.47. The van der Waals surface area contributed by atoms with Crippen LogP contribution in [-0.2, 0) is 14.3 Å². The van der Waals surface area contributed by atoms with Crippen LogP contribution < -0.4 is 0 Å². The molecule has 0 fully saturated rings. The van der Waals surface area contributed by atoms with Crippen molar-refractivity contribution in [1.82, 2.24) is 0 Å². The first-order valence-electron chi connectivity index (χ1n) is 4.18. The Morgan fingerprint density at radius 2 is 2.06 bits per heavy atom. The fourth-order valence-corrected chi connectivity index (χ4v) is 1.37. The summed E-state index contributed by atoms with van der Waals surface area (Å²) in [5, 5.41) is -1.36. The largest absolute Gasteiger partial charge is 0.463 e. The molecule has 0 saturated heterocycles. The van der Waals surface area contributed by atoms with Gasteiger partial charge in [-0.15, -0.1) is 11.6 Å². The van der Waals surface area contributed by atoms with E-state index in [9.17, 15) is 14.0 Å². The maximum absolute atomic E-state index is 13.1. The lowest BCUT2D eigenvalue weighted by molar-refractivity contribution is -0.151. The van der Waals surface area contributed by atoms with E-state index in [2.05, 4.69) is 4.74 Å². The third kappa shape index (κ3) is 2.71. The van der Waals surface area contributed by atoms with Gasteiger partial charge in [0.05, 0.1) is 12.1 Å². The first kappa shape index (κ1) is 12.9. The molecule has 0 bridgehead atoms. The third-order valence-corrected chi connectivity index (χ3v) is 2.61. The van der Waals surface area contributed by atoms with E-state index in [0.29, 0.717) is 0 Å². The summed E-state index contributed by atoms with van der Waals surface area (Å²) in [6.07, 6.45) is 0. The van der Waals surface area contributed by atoms with Crippen LogP contribution in [0.25, 0.3) is 0 Å². The van der Waals surface area contributed by atoms with Gasteiger partial charge >= 0.3 is 5.97 Å². The van der Waals surface area contributed by atoms with Gasteiger partial charge in [0.2, 0.25) is 0 Å². The smallest absolute Gasteiger partial charge is 0.376 e.